The van der Waals surface area contributed by atoms with Gasteiger partial charge in [0.1, 0.15) is 0 Å². The van der Waals surface area contributed by atoms with Gasteiger partial charge >= 0.3 is 0 Å². The zero-order chi connectivity index (χ0) is 21.1. The monoisotopic (exact) mass is 422 g/mol. The maximum absolute atomic E-state index is 13.2. The number of benzene rings is 2. The largest absolute Gasteiger partial charge is 0.383 e. The topological polar surface area (TPSA) is 87.7 Å². The Morgan fingerprint density at radius 3 is 2.57 bits per heavy atom. The van der Waals surface area contributed by atoms with Gasteiger partial charge in [0.2, 0.25) is 0 Å². The summed E-state index contributed by atoms with van der Waals surface area (Å²) in [7, 11) is 1.62. The van der Waals surface area contributed by atoms with E-state index in [0.29, 0.717) is 28.5 Å². The van der Waals surface area contributed by atoms with Crippen LogP contribution in [-0.2, 0) is 4.74 Å². The summed E-state index contributed by atoms with van der Waals surface area (Å²) in [5.41, 5.74) is 1.46. The van der Waals surface area contributed by atoms with E-state index in [4.69, 9.17) is 9.72 Å². The lowest BCUT2D eigenvalue weighted by atomic mass is 10.2. The molecule has 0 radical (unpaired) electrons. The molecule has 9 heteroatoms. The number of ether oxygens (including phenoxy) is 1. The molecular formula is C21H22N6O2S. The number of hydrogen-bond acceptors (Lipinski definition) is 7. The van der Waals surface area contributed by atoms with Gasteiger partial charge in [-0.15, -0.1) is 5.10 Å². The molecule has 0 amide bonds. The number of para-hydroxylation sites is 2. The highest BCUT2D eigenvalue weighted by Gasteiger charge is 2.22. The molecule has 2 atom stereocenters. The Labute approximate surface area is 177 Å². The number of fused-ring (bicyclic) bond motifs is 1. The molecule has 2 aromatic carbocycles. The second-order valence-electron chi connectivity index (χ2n) is 6.94. The second kappa shape index (κ2) is 8.76. The molecule has 0 saturated heterocycles. The summed E-state index contributed by atoms with van der Waals surface area (Å²) in [5, 5.41) is 13.3. The molecule has 4 aromatic rings. The molecular weight excluding hydrogens is 400 g/mol. The maximum atomic E-state index is 13.2. The van der Waals surface area contributed by atoms with E-state index in [2.05, 4.69) is 15.5 Å². The highest BCUT2D eigenvalue weighted by molar-refractivity contribution is 7.99. The van der Waals surface area contributed by atoms with E-state index in [9.17, 15) is 4.79 Å². The van der Waals surface area contributed by atoms with Crippen molar-refractivity contribution in [3.8, 4) is 5.69 Å². The fraction of sp³-hybridized carbons (Fsp3) is 0.286. The van der Waals surface area contributed by atoms with Crippen molar-refractivity contribution in [1.29, 1.82) is 0 Å². The fourth-order valence-corrected chi connectivity index (χ4v) is 4.42. The standard InChI is InChI=1S/C21H22N6O2S/c1-14(13-29-3)26-20(28)17-11-7-8-12-18(17)22-21(26)30-15(2)19-23-24-25-27(19)16-9-5-4-6-10-16/h4-12,14-15H,13H2,1-3H3/t14-,15-/m1/s1. The normalized spacial score (nSPS) is 13.4. The molecule has 4 rings (SSSR count). The average molecular weight is 423 g/mol. The average Bonchev–Trinajstić information content (AvgIpc) is 3.25. The molecule has 0 aliphatic heterocycles. The summed E-state index contributed by atoms with van der Waals surface area (Å²) < 4.78 is 8.71. The van der Waals surface area contributed by atoms with Crippen molar-refractivity contribution >= 4 is 22.7 Å². The van der Waals surface area contributed by atoms with Gasteiger partial charge in [0, 0.05) is 7.11 Å². The Hall–Kier alpha value is -3.04. The first-order valence-corrected chi connectivity index (χ1v) is 10.5. The predicted octanol–water partition coefficient (Wildman–Crippen LogP) is 3.43. The molecule has 0 saturated carbocycles. The van der Waals surface area contributed by atoms with Crippen LogP contribution < -0.4 is 5.56 Å². The molecule has 0 unspecified atom stereocenters. The zero-order valence-electron chi connectivity index (χ0n) is 17.0. The molecule has 0 spiro atoms. The van der Waals surface area contributed by atoms with Crippen LogP contribution in [0.15, 0.2) is 64.5 Å². The Morgan fingerprint density at radius 2 is 1.80 bits per heavy atom. The summed E-state index contributed by atoms with van der Waals surface area (Å²) in [6, 6.07) is 16.9. The van der Waals surface area contributed by atoms with Crippen molar-refractivity contribution in [2.24, 2.45) is 0 Å². The SMILES string of the molecule is COC[C@@H](C)n1c(S[C@H](C)c2nnnn2-c2ccccc2)nc2ccccc2c1=O. The zero-order valence-corrected chi connectivity index (χ0v) is 17.8. The highest BCUT2D eigenvalue weighted by Crippen LogP contribution is 2.34. The van der Waals surface area contributed by atoms with E-state index < -0.39 is 0 Å². The molecule has 0 N–H and O–H groups in total. The number of nitrogens with zero attached hydrogens (tertiary/aromatic N) is 6. The molecule has 2 aromatic heterocycles. The number of hydrogen-bond donors (Lipinski definition) is 0. The third kappa shape index (κ3) is 3.86. The van der Waals surface area contributed by atoms with E-state index in [1.165, 1.54) is 11.8 Å². The minimum atomic E-state index is -0.167. The Morgan fingerprint density at radius 1 is 1.07 bits per heavy atom. The van der Waals surface area contributed by atoms with Crippen molar-refractivity contribution in [3.05, 3.63) is 70.8 Å². The Bertz CT molecular complexity index is 1210. The van der Waals surface area contributed by atoms with Gasteiger partial charge in [0.05, 0.1) is 34.5 Å². The van der Waals surface area contributed by atoms with Crippen LogP contribution in [0.1, 0.15) is 31.0 Å². The van der Waals surface area contributed by atoms with Crippen molar-refractivity contribution in [1.82, 2.24) is 29.8 Å². The molecule has 0 bridgehead atoms. The van der Waals surface area contributed by atoms with Gasteiger partial charge in [-0.25, -0.2) is 4.98 Å². The van der Waals surface area contributed by atoms with Gasteiger partial charge in [-0.05, 0) is 48.5 Å². The van der Waals surface area contributed by atoms with E-state index in [1.807, 2.05) is 62.4 Å². The van der Waals surface area contributed by atoms with Crippen molar-refractivity contribution < 1.29 is 4.74 Å². The van der Waals surface area contributed by atoms with Crippen LogP contribution in [-0.4, -0.2) is 43.5 Å². The molecule has 0 aliphatic rings. The summed E-state index contributed by atoms with van der Waals surface area (Å²) >= 11 is 1.45. The van der Waals surface area contributed by atoms with Gasteiger partial charge in [-0.2, -0.15) is 4.68 Å². The number of rotatable bonds is 7. The van der Waals surface area contributed by atoms with Gasteiger partial charge in [0.15, 0.2) is 11.0 Å². The van der Waals surface area contributed by atoms with Crippen molar-refractivity contribution in [2.45, 2.75) is 30.3 Å². The second-order valence-corrected chi connectivity index (χ2v) is 8.24. The Kier molecular flexibility index (Phi) is 5.91. The van der Waals surface area contributed by atoms with E-state index in [-0.39, 0.29) is 16.9 Å². The number of aromatic nitrogens is 6. The van der Waals surface area contributed by atoms with E-state index >= 15 is 0 Å². The smallest absolute Gasteiger partial charge is 0.262 e. The molecule has 154 valence electrons. The fourth-order valence-electron chi connectivity index (χ4n) is 3.32. The molecule has 30 heavy (non-hydrogen) atoms. The Balaban J connectivity index is 1.76. The summed E-state index contributed by atoms with van der Waals surface area (Å²) in [4.78, 5) is 18.0. The quantitative estimate of drug-likeness (QED) is 0.333. The van der Waals surface area contributed by atoms with Crippen LogP contribution >= 0.6 is 11.8 Å². The minimum absolute atomic E-state index is 0.0810. The van der Waals surface area contributed by atoms with Crippen LogP contribution in [0.3, 0.4) is 0 Å². The molecule has 0 aliphatic carbocycles. The molecule has 2 heterocycles. The highest BCUT2D eigenvalue weighted by atomic mass is 32.2. The van der Waals surface area contributed by atoms with Crippen molar-refractivity contribution in [2.75, 3.05) is 13.7 Å². The predicted molar refractivity (Wildman–Crippen MR) is 116 cm³/mol. The molecule has 0 fully saturated rings. The summed E-state index contributed by atoms with van der Waals surface area (Å²) in [6.45, 7) is 4.36. The van der Waals surface area contributed by atoms with E-state index in [1.54, 1.807) is 22.4 Å². The van der Waals surface area contributed by atoms with Crippen LogP contribution in [0.25, 0.3) is 16.6 Å². The lowest BCUT2D eigenvalue weighted by Crippen LogP contribution is -2.28. The maximum Gasteiger partial charge on any atom is 0.262 e. The summed E-state index contributed by atoms with van der Waals surface area (Å²) in [6.07, 6.45) is 0. The van der Waals surface area contributed by atoms with Crippen LogP contribution in [0.4, 0.5) is 0 Å². The van der Waals surface area contributed by atoms with Crippen LogP contribution in [0, 0.1) is 0 Å². The van der Waals surface area contributed by atoms with E-state index in [0.717, 1.165) is 5.69 Å². The minimum Gasteiger partial charge on any atom is -0.383 e. The lowest BCUT2D eigenvalue weighted by molar-refractivity contribution is 0.156. The lowest BCUT2D eigenvalue weighted by Gasteiger charge is -2.20. The van der Waals surface area contributed by atoms with Gasteiger partial charge in [-0.3, -0.25) is 9.36 Å². The first kappa shape index (κ1) is 20.2. The third-order valence-electron chi connectivity index (χ3n) is 4.76. The van der Waals surface area contributed by atoms with Gasteiger partial charge in [0.25, 0.3) is 5.56 Å². The number of tetrazole rings is 1. The van der Waals surface area contributed by atoms with Crippen LogP contribution in [0.5, 0.6) is 0 Å². The first-order chi connectivity index (χ1) is 14.6. The first-order valence-electron chi connectivity index (χ1n) is 9.60. The van der Waals surface area contributed by atoms with Gasteiger partial charge < -0.3 is 4.74 Å². The van der Waals surface area contributed by atoms with Gasteiger partial charge in [-0.1, -0.05) is 42.1 Å². The third-order valence-corrected chi connectivity index (χ3v) is 5.83. The number of thioether (sulfide) groups is 1. The van der Waals surface area contributed by atoms with Crippen LogP contribution in [0.2, 0.25) is 0 Å². The molecule has 8 nitrogen and oxygen atoms in total. The summed E-state index contributed by atoms with van der Waals surface area (Å²) in [5.74, 6) is 0.680. The number of methoxy groups -OCH3 is 1. The van der Waals surface area contributed by atoms with Crippen molar-refractivity contribution in [3.63, 3.8) is 0 Å².